The average molecular weight is 720 g/mol. The van der Waals surface area contributed by atoms with Gasteiger partial charge in [0, 0.05) is 43.8 Å². The number of aliphatic carboxylic acids is 1. The molecule has 0 radical (unpaired) electrons. The number of hydrogen-bond acceptors (Lipinski definition) is 7. The number of fused-ring (bicyclic) bond motifs is 1. The van der Waals surface area contributed by atoms with Crippen molar-refractivity contribution in [1.82, 2.24) is 24.6 Å². The largest absolute Gasteiger partial charge is 0.480 e. The van der Waals surface area contributed by atoms with Gasteiger partial charge < -0.3 is 25.3 Å². The standard InChI is InChI=1S/C31H26Cl2F2N6O6S/c32-21-7-4-8-22(33)28(21)48(46,47)40-24(30(44)45)15-38-29(43)20-16-41(12-9-17-5-2-1-3-6-17)26-18(27(20)42)13-23(34)19(25(26)35)14-39-31-36-10-11-37-31/h1-8,10-11,13,16,24,40H,9,12,14-15H2,(H,38,43)(H,44,45)(H2,36,37,39). The summed E-state index contributed by atoms with van der Waals surface area (Å²) in [6.07, 6.45) is 4.40. The Morgan fingerprint density at radius 2 is 1.77 bits per heavy atom. The first-order valence-corrected chi connectivity index (χ1v) is 16.4. The van der Waals surface area contributed by atoms with Gasteiger partial charge in [0.25, 0.3) is 5.91 Å². The van der Waals surface area contributed by atoms with Crippen LogP contribution in [0, 0.1) is 11.6 Å². The molecule has 0 spiro atoms. The summed E-state index contributed by atoms with van der Waals surface area (Å²) in [5.41, 5.74) is -1.36. The number of carbonyl (C=O) groups is 2. The molecule has 0 aliphatic heterocycles. The molecule has 0 aliphatic rings. The second kappa shape index (κ2) is 14.5. The van der Waals surface area contributed by atoms with Crippen molar-refractivity contribution in [3.05, 3.63) is 122 Å². The molecular weight excluding hydrogens is 693 g/mol. The van der Waals surface area contributed by atoms with Crippen LogP contribution in [0.15, 0.2) is 82.9 Å². The Balaban J connectivity index is 1.47. The number of carboxylic acid groups (broad SMARTS) is 1. The number of pyridine rings is 1. The SMILES string of the molecule is O=C(NCC(NS(=O)(=O)c1c(Cl)cccc1Cl)C(=O)O)c1cn(CCc2ccccc2)c2c(F)c(CNc3ncc[nH]3)c(F)cc2c1=O. The van der Waals surface area contributed by atoms with Gasteiger partial charge in [0.1, 0.15) is 22.3 Å². The molecule has 5 N–H and O–H groups in total. The molecular formula is C31H26Cl2F2N6O6S. The van der Waals surface area contributed by atoms with E-state index in [1.54, 1.807) is 12.1 Å². The number of H-pyrrole nitrogens is 1. The average Bonchev–Trinajstić information content (AvgIpc) is 3.56. The molecule has 0 bridgehead atoms. The normalized spacial score (nSPS) is 12.2. The van der Waals surface area contributed by atoms with E-state index in [-0.39, 0.29) is 40.2 Å². The van der Waals surface area contributed by atoms with Gasteiger partial charge in [-0.05, 0) is 30.2 Å². The highest BCUT2D eigenvalue weighted by molar-refractivity contribution is 7.89. The maximum Gasteiger partial charge on any atom is 0.323 e. The summed E-state index contributed by atoms with van der Waals surface area (Å²) in [6, 6.07) is 11.9. The van der Waals surface area contributed by atoms with Crippen LogP contribution in [-0.4, -0.2) is 52.5 Å². The van der Waals surface area contributed by atoms with Gasteiger partial charge in [0.05, 0.1) is 20.9 Å². The number of imidazole rings is 1. The van der Waals surface area contributed by atoms with Crippen molar-refractivity contribution in [2.45, 2.75) is 30.4 Å². The summed E-state index contributed by atoms with van der Waals surface area (Å²) in [4.78, 5) is 45.0. The Morgan fingerprint density at radius 3 is 2.42 bits per heavy atom. The molecule has 5 aromatic rings. The molecule has 2 heterocycles. The molecule has 3 aromatic carbocycles. The van der Waals surface area contributed by atoms with Crippen LogP contribution >= 0.6 is 23.2 Å². The van der Waals surface area contributed by atoms with E-state index in [1.165, 1.54) is 35.2 Å². The lowest BCUT2D eigenvalue weighted by Crippen LogP contribution is -2.48. The Kier molecular flexibility index (Phi) is 10.4. The molecule has 250 valence electrons. The number of anilines is 1. The number of nitrogens with one attached hydrogen (secondary N) is 4. The molecule has 0 saturated heterocycles. The number of nitrogens with zero attached hydrogens (tertiary/aromatic N) is 2. The molecule has 0 aliphatic carbocycles. The van der Waals surface area contributed by atoms with Gasteiger partial charge in [0.15, 0.2) is 11.8 Å². The zero-order valence-electron chi connectivity index (χ0n) is 24.6. The van der Waals surface area contributed by atoms with Gasteiger partial charge in [-0.1, -0.05) is 59.6 Å². The monoisotopic (exact) mass is 718 g/mol. The predicted molar refractivity (Wildman–Crippen MR) is 175 cm³/mol. The number of benzene rings is 3. The van der Waals surface area contributed by atoms with Crippen molar-refractivity contribution in [3.63, 3.8) is 0 Å². The van der Waals surface area contributed by atoms with Crippen LogP contribution in [0.3, 0.4) is 0 Å². The highest BCUT2D eigenvalue weighted by Gasteiger charge is 2.30. The quantitative estimate of drug-likeness (QED) is 0.120. The smallest absolute Gasteiger partial charge is 0.323 e. The number of halogens is 4. The van der Waals surface area contributed by atoms with E-state index >= 15 is 8.78 Å². The van der Waals surface area contributed by atoms with Crippen molar-refractivity contribution in [1.29, 1.82) is 0 Å². The number of aromatic nitrogens is 3. The van der Waals surface area contributed by atoms with E-state index in [0.717, 1.165) is 17.8 Å². The van der Waals surface area contributed by atoms with E-state index in [9.17, 15) is 27.9 Å². The van der Waals surface area contributed by atoms with E-state index in [0.29, 0.717) is 6.42 Å². The summed E-state index contributed by atoms with van der Waals surface area (Å²) < 4.78 is 60.5. The number of aromatic amines is 1. The highest BCUT2D eigenvalue weighted by Crippen LogP contribution is 2.29. The first-order chi connectivity index (χ1) is 22.9. The van der Waals surface area contributed by atoms with Gasteiger partial charge in [-0.2, -0.15) is 4.72 Å². The fraction of sp³-hybridized carbons (Fsp3) is 0.161. The number of rotatable bonds is 13. The van der Waals surface area contributed by atoms with Crippen LogP contribution in [0.1, 0.15) is 21.5 Å². The Labute approximate surface area is 281 Å². The number of carbonyl (C=O) groups excluding carboxylic acids is 1. The Bertz CT molecular complexity index is 2150. The summed E-state index contributed by atoms with van der Waals surface area (Å²) in [6.45, 7) is -1.08. The van der Waals surface area contributed by atoms with E-state index in [4.69, 9.17) is 23.2 Å². The molecule has 1 atom stereocenters. The lowest BCUT2D eigenvalue weighted by Gasteiger charge is -2.18. The van der Waals surface area contributed by atoms with Crippen LogP contribution in [0.4, 0.5) is 14.7 Å². The fourth-order valence-electron chi connectivity index (χ4n) is 4.91. The molecule has 17 heteroatoms. The Hall–Kier alpha value is -4.83. The molecule has 0 fully saturated rings. The minimum Gasteiger partial charge on any atom is -0.480 e. The van der Waals surface area contributed by atoms with E-state index < -0.39 is 67.4 Å². The minimum absolute atomic E-state index is 0.0603. The third-order valence-corrected chi connectivity index (χ3v) is 9.68. The Morgan fingerprint density at radius 1 is 1.06 bits per heavy atom. The molecule has 48 heavy (non-hydrogen) atoms. The van der Waals surface area contributed by atoms with Gasteiger partial charge in [-0.3, -0.25) is 14.4 Å². The number of aryl methyl sites for hydroxylation is 2. The van der Waals surface area contributed by atoms with Crippen LogP contribution in [0.25, 0.3) is 10.9 Å². The molecule has 2 aromatic heterocycles. The van der Waals surface area contributed by atoms with Crippen LogP contribution in [0.5, 0.6) is 0 Å². The maximum absolute atomic E-state index is 16.0. The van der Waals surface area contributed by atoms with Crippen LogP contribution < -0.4 is 20.8 Å². The summed E-state index contributed by atoms with van der Waals surface area (Å²) in [7, 11) is -4.59. The first-order valence-electron chi connectivity index (χ1n) is 14.2. The minimum atomic E-state index is -4.59. The van der Waals surface area contributed by atoms with E-state index in [2.05, 4.69) is 20.6 Å². The number of carboxylic acids is 1. The first kappa shape index (κ1) is 34.5. The highest BCUT2D eigenvalue weighted by atomic mass is 35.5. The lowest BCUT2D eigenvalue weighted by atomic mass is 10.0. The molecule has 0 saturated carbocycles. The van der Waals surface area contributed by atoms with Crippen molar-refractivity contribution in [3.8, 4) is 0 Å². The summed E-state index contributed by atoms with van der Waals surface area (Å²) in [5, 5.41) is 13.7. The van der Waals surface area contributed by atoms with Gasteiger partial charge >= 0.3 is 5.97 Å². The van der Waals surface area contributed by atoms with Crippen molar-refractivity contribution >= 4 is 62.0 Å². The zero-order chi connectivity index (χ0) is 34.6. The fourth-order valence-corrected chi connectivity index (χ4v) is 7.24. The molecule has 1 amide bonds. The second-order valence-corrected chi connectivity index (χ2v) is 12.9. The molecule has 12 nitrogen and oxygen atoms in total. The summed E-state index contributed by atoms with van der Waals surface area (Å²) in [5.74, 6) is -4.59. The van der Waals surface area contributed by atoms with Gasteiger partial charge in [-0.25, -0.2) is 22.2 Å². The van der Waals surface area contributed by atoms with Crippen molar-refractivity contribution in [2.24, 2.45) is 0 Å². The molecule has 5 rings (SSSR count). The second-order valence-electron chi connectivity index (χ2n) is 10.4. The topological polar surface area (TPSA) is 175 Å². The number of amides is 1. The predicted octanol–water partition coefficient (Wildman–Crippen LogP) is 4.33. The summed E-state index contributed by atoms with van der Waals surface area (Å²) >= 11 is 12.0. The maximum atomic E-state index is 16.0. The van der Waals surface area contributed by atoms with Gasteiger partial charge in [-0.15, -0.1) is 0 Å². The van der Waals surface area contributed by atoms with E-state index in [1.807, 2.05) is 22.9 Å². The zero-order valence-corrected chi connectivity index (χ0v) is 27.0. The van der Waals surface area contributed by atoms with Crippen LogP contribution in [0.2, 0.25) is 10.0 Å². The molecule has 1 unspecified atom stereocenters. The third kappa shape index (κ3) is 7.49. The van der Waals surface area contributed by atoms with Crippen molar-refractivity contribution < 1.29 is 31.9 Å². The number of hydrogen-bond donors (Lipinski definition) is 5. The lowest BCUT2D eigenvalue weighted by molar-refractivity contribution is -0.138. The van der Waals surface area contributed by atoms with Crippen molar-refractivity contribution in [2.75, 3.05) is 11.9 Å². The number of sulfonamides is 1. The van der Waals surface area contributed by atoms with Gasteiger partial charge in [0.2, 0.25) is 15.5 Å². The van der Waals surface area contributed by atoms with Crippen LogP contribution in [-0.2, 0) is 34.3 Å². The third-order valence-electron chi connectivity index (χ3n) is 7.26.